The lowest BCUT2D eigenvalue weighted by Gasteiger charge is -2.14. The number of nitrogens with one attached hydrogen (secondary N) is 1. The number of halogens is 1. The average molecular weight is 327 g/mol. The molecule has 2 aromatic rings. The lowest BCUT2D eigenvalue weighted by molar-refractivity contribution is 0.765. The zero-order valence-electron chi connectivity index (χ0n) is 9.31. The fraction of sp³-hybridized carbons (Fsp3) is 0.250. The van der Waals surface area contributed by atoms with Crippen molar-refractivity contribution in [1.82, 2.24) is 9.78 Å². The van der Waals surface area contributed by atoms with Crippen molar-refractivity contribution >= 4 is 28.3 Å². The standard InChI is InChI=1S/C12H14IN3/c1-9(10-7-14-16(2)8-10)15-12-6-4-3-5-11(12)13/h3-9,15H,1-2H3. The van der Waals surface area contributed by atoms with Gasteiger partial charge in [-0.25, -0.2) is 0 Å². The lowest BCUT2D eigenvalue weighted by atomic mass is 10.2. The van der Waals surface area contributed by atoms with Crippen molar-refractivity contribution in [2.75, 3.05) is 5.32 Å². The van der Waals surface area contributed by atoms with Crippen molar-refractivity contribution in [2.24, 2.45) is 7.05 Å². The van der Waals surface area contributed by atoms with Gasteiger partial charge < -0.3 is 5.32 Å². The van der Waals surface area contributed by atoms with Crippen LogP contribution in [-0.4, -0.2) is 9.78 Å². The summed E-state index contributed by atoms with van der Waals surface area (Å²) in [5.74, 6) is 0. The quantitative estimate of drug-likeness (QED) is 0.878. The maximum atomic E-state index is 4.18. The molecule has 0 aliphatic rings. The van der Waals surface area contributed by atoms with Crippen LogP contribution in [0.25, 0.3) is 0 Å². The molecule has 1 heterocycles. The van der Waals surface area contributed by atoms with Crippen LogP contribution in [0.3, 0.4) is 0 Å². The Morgan fingerprint density at radius 1 is 1.38 bits per heavy atom. The molecule has 16 heavy (non-hydrogen) atoms. The van der Waals surface area contributed by atoms with E-state index in [1.807, 2.05) is 36.3 Å². The monoisotopic (exact) mass is 327 g/mol. The molecule has 0 bridgehead atoms. The van der Waals surface area contributed by atoms with Gasteiger partial charge in [0.05, 0.1) is 12.2 Å². The number of hydrogen-bond acceptors (Lipinski definition) is 2. The van der Waals surface area contributed by atoms with Crippen LogP contribution >= 0.6 is 22.6 Å². The van der Waals surface area contributed by atoms with E-state index in [9.17, 15) is 0 Å². The summed E-state index contributed by atoms with van der Waals surface area (Å²) in [5, 5.41) is 7.66. The fourth-order valence-corrected chi connectivity index (χ4v) is 2.10. The Hall–Kier alpha value is -1.04. The molecule has 1 unspecified atom stereocenters. The first kappa shape index (κ1) is 11.4. The molecule has 4 heteroatoms. The van der Waals surface area contributed by atoms with Gasteiger partial charge in [0, 0.05) is 28.1 Å². The highest BCUT2D eigenvalue weighted by atomic mass is 127. The van der Waals surface area contributed by atoms with Crippen molar-refractivity contribution in [2.45, 2.75) is 13.0 Å². The van der Waals surface area contributed by atoms with Crippen molar-refractivity contribution in [3.05, 3.63) is 45.8 Å². The topological polar surface area (TPSA) is 29.9 Å². The van der Waals surface area contributed by atoms with Crippen LogP contribution in [0.5, 0.6) is 0 Å². The molecule has 0 aliphatic carbocycles. The van der Waals surface area contributed by atoms with Gasteiger partial charge in [0.25, 0.3) is 0 Å². The van der Waals surface area contributed by atoms with Crippen LogP contribution in [0, 0.1) is 3.57 Å². The smallest absolute Gasteiger partial charge is 0.0542 e. The summed E-state index contributed by atoms with van der Waals surface area (Å²) in [7, 11) is 1.93. The summed E-state index contributed by atoms with van der Waals surface area (Å²) in [6.45, 7) is 2.14. The molecule has 84 valence electrons. The predicted octanol–water partition coefficient (Wildman–Crippen LogP) is 3.20. The molecule has 0 aliphatic heterocycles. The van der Waals surface area contributed by atoms with Crippen LogP contribution in [0.2, 0.25) is 0 Å². The molecule has 0 amide bonds. The number of anilines is 1. The molecule has 1 atom stereocenters. The highest BCUT2D eigenvalue weighted by Gasteiger charge is 2.08. The van der Waals surface area contributed by atoms with Crippen LogP contribution in [0.15, 0.2) is 36.7 Å². The number of aromatic nitrogens is 2. The van der Waals surface area contributed by atoms with Crippen molar-refractivity contribution in [3.63, 3.8) is 0 Å². The van der Waals surface area contributed by atoms with Gasteiger partial charge in [0.15, 0.2) is 0 Å². The third kappa shape index (κ3) is 2.55. The second-order valence-corrected chi connectivity index (χ2v) is 4.96. The first-order valence-electron chi connectivity index (χ1n) is 5.16. The van der Waals surface area contributed by atoms with Gasteiger partial charge in [-0.1, -0.05) is 12.1 Å². The van der Waals surface area contributed by atoms with E-state index in [0.717, 1.165) is 0 Å². The molecule has 0 fully saturated rings. The van der Waals surface area contributed by atoms with Crippen LogP contribution < -0.4 is 5.32 Å². The third-order valence-electron chi connectivity index (χ3n) is 2.47. The predicted molar refractivity (Wildman–Crippen MR) is 74.4 cm³/mol. The molecule has 1 N–H and O–H groups in total. The first-order valence-corrected chi connectivity index (χ1v) is 6.24. The van der Waals surface area contributed by atoms with E-state index < -0.39 is 0 Å². The Labute approximate surface area is 109 Å². The molecule has 0 saturated heterocycles. The molecular weight excluding hydrogens is 313 g/mol. The second kappa shape index (κ2) is 4.86. The molecule has 2 rings (SSSR count). The first-order chi connectivity index (χ1) is 7.66. The number of rotatable bonds is 3. The number of benzene rings is 1. The fourth-order valence-electron chi connectivity index (χ4n) is 1.56. The Morgan fingerprint density at radius 2 is 2.12 bits per heavy atom. The van der Waals surface area contributed by atoms with Crippen molar-refractivity contribution in [1.29, 1.82) is 0 Å². The zero-order valence-corrected chi connectivity index (χ0v) is 11.5. The minimum atomic E-state index is 0.268. The summed E-state index contributed by atoms with van der Waals surface area (Å²) >= 11 is 2.33. The molecule has 0 spiro atoms. The van der Waals surface area contributed by atoms with Gasteiger partial charge in [-0.3, -0.25) is 4.68 Å². The summed E-state index contributed by atoms with van der Waals surface area (Å²) < 4.78 is 3.06. The normalized spacial score (nSPS) is 12.4. The minimum absolute atomic E-state index is 0.268. The van der Waals surface area contributed by atoms with E-state index in [1.54, 1.807) is 0 Å². The summed E-state index contributed by atoms with van der Waals surface area (Å²) in [5.41, 5.74) is 2.36. The number of aryl methyl sites for hydroxylation is 1. The maximum absolute atomic E-state index is 4.18. The summed E-state index contributed by atoms with van der Waals surface area (Å²) in [6.07, 6.45) is 3.93. The second-order valence-electron chi connectivity index (χ2n) is 3.79. The van der Waals surface area contributed by atoms with E-state index in [0.29, 0.717) is 0 Å². The zero-order chi connectivity index (χ0) is 11.5. The minimum Gasteiger partial charge on any atom is -0.378 e. The highest BCUT2D eigenvalue weighted by molar-refractivity contribution is 14.1. The number of nitrogens with zero attached hydrogens (tertiary/aromatic N) is 2. The molecular formula is C12H14IN3. The third-order valence-corrected chi connectivity index (χ3v) is 3.41. The van der Waals surface area contributed by atoms with Gasteiger partial charge in [0.2, 0.25) is 0 Å². The average Bonchev–Trinajstić information content (AvgIpc) is 2.68. The van der Waals surface area contributed by atoms with E-state index in [-0.39, 0.29) is 6.04 Å². The van der Waals surface area contributed by atoms with Crippen LogP contribution in [-0.2, 0) is 7.05 Å². The molecule has 0 saturated carbocycles. The van der Waals surface area contributed by atoms with Crippen molar-refractivity contribution < 1.29 is 0 Å². The molecule has 3 nitrogen and oxygen atoms in total. The Balaban J connectivity index is 2.13. The molecule has 1 aromatic heterocycles. The van der Waals surface area contributed by atoms with Gasteiger partial charge in [0.1, 0.15) is 0 Å². The van der Waals surface area contributed by atoms with Crippen molar-refractivity contribution in [3.8, 4) is 0 Å². The highest BCUT2D eigenvalue weighted by Crippen LogP contribution is 2.22. The Kier molecular flexibility index (Phi) is 3.48. The number of para-hydroxylation sites is 1. The lowest BCUT2D eigenvalue weighted by Crippen LogP contribution is -2.06. The molecule has 1 aromatic carbocycles. The number of hydrogen-bond donors (Lipinski definition) is 1. The van der Waals surface area contributed by atoms with Gasteiger partial charge in [-0.2, -0.15) is 5.10 Å². The Morgan fingerprint density at radius 3 is 2.75 bits per heavy atom. The van der Waals surface area contributed by atoms with E-state index in [4.69, 9.17) is 0 Å². The van der Waals surface area contributed by atoms with E-state index in [2.05, 4.69) is 52.1 Å². The summed E-state index contributed by atoms with van der Waals surface area (Å²) in [6, 6.07) is 8.54. The van der Waals surface area contributed by atoms with Gasteiger partial charge in [-0.05, 0) is 41.6 Å². The Bertz CT molecular complexity index is 479. The van der Waals surface area contributed by atoms with E-state index >= 15 is 0 Å². The largest absolute Gasteiger partial charge is 0.378 e. The van der Waals surface area contributed by atoms with E-state index in [1.165, 1.54) is 14.8 Å². The van der Waals surface area contributed by atoms with Crippen LogP contribution in [0.1, 0.15) is 18.5 Å². The maximum Gasteiger partial charge on any atom is 0.0542 e. The molecule has 0 radical (unpaired) electrons. The summed E-state index contributed by atoms with van der Waals surface area (Å²) in [4.78, 5) is 0. The van der Waals surface area contributed by atoms with Gasteiger partial charge in [-0.15, -0.1) is 0 Å². The van der Waals surface area contributed by atoms with Gasteiger partial charge >= 0.3 is 0 Å². The SMILES string of the molecule is CC(Nc1ccccc1I)c1cnn(C)c1. The van der Waals surface area contributed by atoms with Crippen LogP contribution in [0.4, 0.5) is 5.69 Å².